The fourth-order valence-electron chi connectivity index (χ4n) is 2.64. The molecule has 0 radical (unpaired) electrons. The lowest BCUT2D eigenvalue weighted by Crippen LogP contribution is -1.80. The Kier molecular flexibility index (Phi) is 9.56. The van der Waals surface area contributed by atoms with Gasteiger partial charge >= 0.3 is 0 Å². The lowest BCUT2D eigenvalue weighted by Gasteiger charge is -2.02. The van der Waals surface area contributed by atoms with Gasteiger partial charge in [0.05, 0.1) is 0 Å². The summed E-state index contributed by atoms with van der Waals surface area (Å²) in [6, 6.07) is 18.8. The van der Waals surface area contributed by atoms with Gasteiger partial charge in [-0.2, -0.15) is 0 Å². The average molecular weight is 366 g/mol. The fourth-order valence-corrected chi connectivity index (χ4v) is 2.64. The minimum absolute atomic E-state index is 0.984. The Morgan fingerprint density at radius 3 is 2.39 bits per heavy atom. The highest BCUT2D eigenvalue weighted by molar-refractivity contribution is 5.74. The van der Waals surface area contributed by atoms with Crippen LogP contribution in [0.1, 0.15) is 29.5 Å². The summed E-state index contributed by atoms with van der Waals surface area (Å²) in [7, 11) is 0. The Morgan fingerprint density at radius 1 is 0.857 bits per heavy atom. The van der Waals surface area contributed by atoms with Crippen molar-refractivity contribution < 1.29 is 0 Å². The molecule has 0 aliphatic rings. The summed E-state index contributed by atoms with van der Waals surface area (Å²) in [6.45, 7) is 7.37. The van der Waals surface area contributed by atoms with Crippen molar-refractivity contribution in [2.24, 2.45) is 4.99 Å². The second-order valence-corrected chi connectivity index (χ2v) is 6.12. The highest BCUT2D eigenvalue weighted by atomic mass is 14.6. The molecule has 1 heteroatoms. The third-order valence-electron chi connectivity index (χ3n) is 3.98. The number of aliphatic imine (C=N–C) groups is 1. The summed E-state index contributed by atoms with van der Waals surface area (Å²) >= 11 is 0. The van der Waals surface area contributed by atoms with Gasteiger partial charge in [-0.05, 0) is 47.2 Å². The normalized spacial score (nSPS) is 12.5. The van der Waals surface area contributed by atoms with Crippen LogP contribution >= 0.6 is 0 Å². The van der Waals surface area contributed by atoms with Crippen LogP contribution in [0.5, 0.6) is 0 Å². The minimum atomic E-state index is 0.984. The molecule has 0 saturated carbocycles. The van der Waals surface area contributed by atoms with Crippen LogP contribution in [0.15, 0.2) is 115 Å². The molecule has 0 bridgehead atoms. The molecule has 0 spiro atoms. The van der Waals surface area contributed by atoms with E-state index in [-0.39, 0.29) is 0 Å². The number of allylic oxidation sites excluding steroid dienone is 7. The van der Waals surface area contributed by atoms with Crippen molar-refractivity contribution in [1.29, 1.82) is 0 Å². The van der Waals surface area contributed by atoms with E-state index in [1.807, 2.05) is 18.2 Å². The number of hydrogen-bond acceptors (Lipinski definition) is 1. The van der Waals surface area contributed by atoms with E-state index in [1.54, 1.807) is 24.6 Å². The van der Waals surface area contributed by atoms with E-state index < -0.39 is 0 Å². The van der Waals surface area contributed by atoms with Gasteiger partial charge in [-0.1, -0.05) is 104 Å². The third kappa shape index (κ3) is 7.84. The predicted octanol–water partition coefficient (Wildman–Crippen LogP) is 7.53. The largest absolute Gasteiger partial charge is 0.265 e. The standard InChI is InChI=1S/C27H27N/c1-3-5-16-26(27-18-10-7-11-19-27)17-9-6-8-13-24-14-12-15-25(23-24)20-22-28-21-4-2/h3-5,7-8,10-23H,1-2,6,9H2/b13-8+,16-5-,22-20+,26-17+,28-21-. The molecular formula is C27H27N. The Bertz CT molecular complexity index is 893. The molecule has 0 aromatic heterocycles. The molecule has 0 aliphatic heterocycles. The Hall–Kier alpha value is -3.45. The van der Waals surface area contributed by atoms with Crippen molar-refractivity contribution in [2.45, 2.75) is 12.8 Å². The summed E-state index contributed by atoms with van der Waals surface area (Å²) < 4.78 is 0. The van der Waals surface area contributed by atoms with Gasteiger partial charge < -0.3 is 0 Å². The molecule has 0 N–H and O–H groups in total. The van der Waals surface area contributed by atoms with Gasteiger partial charge in [0.2, 0.25) is 0 Å². The van der Waals surface area contributed by atoms with Crippen LogP contribution in [0, 0.1) is 0 Å². The zero-order valence-corrected chi connectivity index (χ0v) is 16.2. The van der Waals surface area contributed by atoms with Crippen LogP contribution in [0.4, 0.5) is 0 Å². The number of rotatable bonds is 10. The number of benzene rings is 2. The van der Waals surface area contributed by atoms with Crippen LogP contribution < -0.4 is 0 Å². The number of hydrogen-bond donors (Lipinski definition) is 0. The molecular weight excluding hydrogens is 338 g/mol. The molecule has 1 nitrogen and oxygen atoms in total. The third-order valence-corrected chi connectivity index (χ3v) is 3.98. The highest BCUT2D eigenvalue weighted by Gasteiger charge is 1.95. The van der Waals surface area contributed by atoms with Gasteiger partial charge in [0, 0.05) is 12.4 Å². The SMILES string of the molecule is C=C/C=C\C(=C/CC/C=C/c1cccc(/C=C/N=C\C=C)c1)c1ccccc1. The first-order chi connectivity index (χ1) is 13.8. The van der Waals surface area contributed by atoms with Crippen molar-refractivity contribution in [3.8, 4) is 0 Å². The fraction of sp³-hybridized carbons (Fsp3) is 0.0741. The van der Waals surface area contributed by atoms with Crippen LogP contribution in [0.3, 0.4) is 0 Å². The lowest BCUT2D eigenvalue weighted by molar-refractivity contribution is 1.06. The van der Waals surface area contributed by atoms with E-state index in [2.05, 4.69) is 91.0 Å². The first-order valence-electron chi connectivity index (χ1n) is 9.45. The molecule has 28 heavy (non-hydrogen) atoms. The first-order valence-corrected chi connectivity index (χ1v) is 9.45. The maximum atomic E-state index is 4.10. The van der Waals surface area contributed by atoms with Crippen molar-refractivity contribution in [3.63, 3.8) is 0 Å². The zero-order valence-electron chi connectivity index (χ0n) is 16.2. The van der Waals surface area contributed by atoms with E-state index in [1.165, 1.54) is 16.7 Å². The summed E-state index contributed by atoms with van der Waals surface area (Å²) in [5.41, 5.74) is 4.77. The topological polar surface area (TPSA) is 12.4 Å². The molecule has 0 amide bonds. The maximum absolute atomic E-state index is 4.10. The average Bonchev–Trinajstić information content (AvgIpc) is 2.74. The van der Waals surface area contributed by atoms with Gasteiger partial charge in [-0.15, -0.1) is 0 Å². The maximum Gasteiger partial charge on any atom is 0.0273 e. The Labute approximate surface area is 169 Å². The Morgan fingerprint density at radius 2 is 1.64 bits per heavy atom. The minimum Gasteiger partial charge on any atom is -0.265 e. The van der Waals surface area contributed by atoms with Gasteiger partial charge in [-0.3, -0.25) is 4.99 Å². The van der Waals surface area contributed by atoms with Crippen LogP contribution in [-0.2, 0) is 0 Å². The molecule has 2 rings (SSSR count). The molecule has 0 saturated heterocycles. The van der Waals surface area contributed by atoms with Crippen LogP contribution in [0.25, 0.3) is 17.7 Å². The van der Waals surface area contributed by atoms with E-state index in [0.29, 0.717) is 0 Å². The monoisotopic (exact) mass is 365 g/mol. The van der Waals surface area contributed by atoms with Gasteiger partial charge in [-0.25, -0.2) is 0 Å². The Balaban J connectivity index is 1.96. The zero-order chi connectivity index (χ0) is 19.9. The predicted molar refractivity (Wildman–Crippen MR) is 126 cm³/mol. The molecule has 0 unspecified atom stereocenters. The van der Waals surface area contributed by atoms with Crippen molar-refractivity contribution in [2.75, 3.05) is 0 Å². The molecule has 140 valence electrons. The molecule has 2 aromatic rings. The first kappa shape index (κ1) is 20.9. The van der Waals surface area contributed by atoms with Crippen LogP contribution in [-0.4, -0.2) is 6.21 Å². The summed E-state index contributed by atoms with van der Waals surface area (Å²) in [5.74, 6) is 0. The van der Waals surface area contributed by atoms with Crippen molar-refractivity contribution >= 4 is 23.9 Å². The number of unbranched alkanes of at least 4 members (excludes halogenated alkanes) is 1. The summed E-state index contributed by atoms with van der Waals surface area (Å²) in [4.78, 5) is 4.10. The van der Waals surface area contributed by atoms with E-state index >= 15 is 0 Å². The molecule has 0 heterocycles. The second kappa shape index (κ2) is 12.8. The van der Waals surface area contributed by atoms with Crippen molar-refractivity contribution in [3.05, 3.63) is 127 Å². The van der Waals surface area contributed by atoms with Crippen molar-refractivity contribution in [1.82, 2.24) is 0 Å². The quantitative estimate of drug-likeness (QED) is 0.234. The summed E-state index contributed by atoms with van der Waals surface area (Å²) in [5, 5.41) is 0. The van der Waals surface area contributed by atoms with Crippen LogP contribution in [0.2, 0.25) is 0 Å². The molecule has 2 aromatic carbocycles. The van der Waals surface area contributed by atoms with Gasteiger partial charge in [0.15, 0.2) is 0 Å². The smallest absolute Gasteiger partial charge is 0.0273 e. The lowest BCUT2D eigenvalue weighted by atomic mass is 10.0. The van der Waals surface area contributed by atoms with Gasteiger partial charge in [0.25, 0.3) is 0 Å². The molecule has 0 aliphatic carbocycles. The highest BCUT2D eigenvalue weighted by Crippen LogP contribution is 2.17. The van der Waals surface area contributed by atoms with E-state index in [0.717, 1.165) is 18.4 Å². The second-order valence-electron chi connectivity index (χ2n) is 6.12. The van der Waals surface area contributed by atoms with Gasteiger partial charge in [0.1, 0.15) is 0 Å². The molecule has 0 fully saturated rings. The molecule has 0 atom stereocenters. The van der Waals surface area contributed by atoms with E-state index in [9.17, 15) is 0 Å². The summed E-state index contributed by atoms with van der Waals surface area (Å²) in [6.07, 6.45) is 21.6. The van der Waals surface area contributed by atoms with E-state index in [4.69, 9.17) is 0 Å². The number of nitrogens with zero attached hydrogens (tertiary/aromatic N) is 1.